The predicted molar refractivity (Wildman–Crippen MR) is 133 cm³/mol. The molecule has 1 aliphatic carbocycles. The van der Waals surface area contributed by atoms with E-state index >= 15 is 0 Å². The average molecular weight is 405 g/mol. The lowest BCUT2D eigenvalue weighted by atomic mass is 9.77. The van der Waals surface area contributed by atoms with Crippen molar-refractivity contribution in [2.45, 2.75) is 110 Å². The van der Waals surface area contributed by atoms with E-state index in [2.05, 4.69) is 62.4 Å². The van der Waals surface area contributed by atoms with E-state index in [1.807, 2.05) is 0 Å². The van der Waals surface area contributed by atoms with Gasteiger partial charge in [0.15, 0.2) is 0 Å². The van der Waals surface area contributed by atoms with Crippen molar-refractivity contribution in [3.8, 4) is 11.1 Å². The van der Waals surface area contributed by atoms with Crippen LogP contribution in [0.1, 0.15) is 114 Å². The van der Waals surface area contributed by atoms with Gasteiger partial charge in [0.2, 0.25) is 0 Å². The van der Waals surface area contributed by atoms with Crippen LogP contribution >= 0.6 is 0 Å². The Morgan fingerprint density at radius 1 is 0.600 bits per heavy atom. The molecule has 0 nitrogen and oxygen atoms in total. The lowest BCUT2D eigenvalue weighted by Crippen LogP contribution is -2.13. The maximum Gasteiger partial charge on any atom is -0.0162 e. The molecule has 0 unspecified atom stereocenters. The number of hydrogen-bond acceptors (Lipinski definition) is 0. The van der Waals surface area contributed by atoms with Gasteiger partial charge in [0.25, 0.3) is 0 Å². The second-order valence-corrected chi connectivity index (χ2v) is 9.70. The first-order valence-corrected chi connectivity index (χ1v) is 13.0. The summed E-state index contributed by atoms with van der Waals surface area (Å²) in [4.78, 5) is 0. The summed E-state index contributed by atoms with van der Waals surface area (Å²) in [5.74, 6) is 1.78. The molecule has 0 heterocycles. The monoisotopic (exact) mass is 404 g/mol. The largest absolute Gasteiger partial charge is 0.0654 e. The second kappa shape index (κ2) is 13.0. The van der Waals surface area contributed by atoms with Gasteiger partial charge in [-0.15, -0.1) is 0 Å². The van der Waals surface area contributed by atoms with Crippen LogP contribution in [0.2, 0.25) is 0 Å². The molecule has 1 fully saturated rings. The van der Waals surface area contributed by atoms with Crippen molar-refractivity contribution in [2.75, 3.05) is 0 Å². The van der Waals surface area contributed by atoms with Crippen LogP contribution < -0.4 is 0 Å². The van der Waals surface area contributed by atoms with Crippen LogP contribution in [0.15, 0.2) is 48.5 Å². The molecule has 0 amide bonds. The van der Waals surface area contributed by atoms with Crippen molar-refractivity contribution >= 4 is 0 Å². The van der Waals surface area contributed by atoms with Crippen molar-refractivity contribution < 1.29 is 0 Å². The Morgan fingerprint density at radius 2 is 1.17 bits per heavy atom. The van der Waals surface area contributed by atoms with Crippen molar-refractivity contribution in [1.29, 1.82) is 0 Å². The summed E-state index contributed by atoms with van der Waals surface area (Å²) in [6.07, 6.45) is 19.4. The van der Waals surface area contributed by atoms with E-state index in [0.29, 0.717) is 0 Å². The van der Waals surface area contributed by atoms with Crippen molar-refractivity contribution in [2.24, 2.45) is 5.92 Å². The van der Waals surface area contributed by atoms with E-state index in [1.165, 1.54) is 107 Å². The van der Waals surface area contributed by atoms with Gasteiger partial charge in [0, 0.05) is 0 Å². The Labute approximate surface area is 186 Å². The Balaban J connectivity index is 1.45. The minimum atomic E-state index is 0.789. The zero-order valence-corrected chi connectivity index (χ0v) is 19.7. The van der Waals surface area contributed by atoms with Gasteiger partial charge in [-0.3, -0.25) is 0 Å². The summed E-state index contributed by atoms with van der Waals surface area (Å²) >= 11 is 0. The van der Waals surface area contributed by atoms with Crippen LogP contribution in [0.5, 0.6) is 0 Å². The summed E-state index contributed by atoms with van der Waals surface area (Å²) in [7, 11) is 0. The molecule has 0 heteroatoms. The van der Waals surface area contributed by atoms with Gasteiger partial charge < -0.3 is 0 Å². The molecule has 0 spiro atoms. The average Bonchev–Trinajstić information content (AvgIpc) is 2.81. The molecule has 0 aromatic heterocycles. The number of unbranched alkanes of at least 4 members (excludes halogenated alkanes) is 6. The third-order valence-electron chi connectivity index (χ3n) is 7.30. The Bertz CT molecular complexity index is 686. The van der Waals surface area contributed by atoms with E-state index in [1.54, 1.807) is 5.56 Å². The smallest absolute Gasteiger partial charge is 0.0162 e. The molecule has 2 aromatic rings. The van der Waals surface area contributed by atoms with Crippen molar-refractivity contribution in [1.82, 2.24) is 0 Å². The number of hydrogen-bond donors (Lipinski definition) is 0. The maximum absolute atomic E-state index is 2.40. The molecule has 0 bridgehead atoms. The minimum absolute atomic E-state index is 0.789. The predicted octanol–water partition coefficient (Wildman–Crippen LogP) is 9.72. The molecule has 1 saturated carbocycles. The summed E-state index contributed by atoms with van der Waals surface area (Å²) in [5, 5.41) is 0. The molecule has 0 radical (unpaired) electrons. The SMILES string of the molecule is CCCCCCCCc1ccc(-c2ccc(C3CCC(CCCC)CC3)cc2)cc1. The first-order valence-electron chi connectivity index (χ1n) is 13.0. The highest BCUT2D eigenvalue weighted by Crippen LogP contribution is 2.38. The van der Waals surface area contributed by atoms with Crippen LogP contribution in [0.25, 0.3) is 11.1 Å². The van der Waals surface area contributed by atoms with Crippen molar-refractivity contribution in [3.63, 3.8) is 0 Å². The topological polar surface area (TPSA) is 0 Å². The zero-order valence-electron chi connectivity index (χ0n) is 19.7. The Morgan fingerprint density at radius 3 is 1.80 bits per heavy atom. The lowest BCUT2D eigenvalue weighted by molar-refractivity contribution is 0.304. The molecule has 0 N–H and O–H groups in total. The molecule has 1 aliphatic rings. The van der Waals surface area contributed by atoms with Gasteiger partial charge in [0.05, 0.1) is 0 Å². The summed E-state index contributed by atoms with van der Waals surface area (Å²) in [6, 6.07) is 18.8. The first kappa shape index (κ1) is 23.1. The van der Waals surface area contributed by atoms with Crippen LogP contribution in [-0.4, -0.2) is 0 Å². The molecular formula is C30H44. The maximum atomic E-state index is 2.40. The van der Waals surface area contributed by atoms with Gasteiger partial charge in [-0.2, -0.15) is 0 Å². The number of aryl methyl sites for hydroxylation is 1. The van der Waals surface area contributed by atoms with E-state index in [4.69, 9.17) is 0 Å². The van der Waals surface area contributed by atoms with Gasteiger partial charge in [-0.25, -0.2) is 0 Å². The summed E-state index contributed by atoms with van der Waals surface area (Å²) in [5.41, 5.74) is 5.77. The normalized spacial score (nSPS) is 19.1. The number of benzene rings is 2. The highest BCUT2D eigenvalue weighted by molar-refractivity contribution is 5.64. The molecule has 164 valence electrons. The fraction of sp³-hybridized carbons (Fsp3) is 0.600. The van der Waals surface area contributed by atoms with E-state index in [9.17, 15) is 0 Å². The highest BCUT2D eigenvalue weighted by atomic mass is 14.3. The van der Waals surface area contributed by atoms with Crippen LogP contribution in [0.3, 0.4) is 0 Å². The van der Waals surface area contributed by atoms with Gasteiger partial charge in [-0.1, -0.05) is 114 Å². The van der Waals surface area contributed by atoms with Crippen molar-refractivity contribution in [3.05, 3.63) is 59.7 Å². The Hall–Kier alpha value is -1.56. The third-order valence-corrected chi connectivity index (χ3v) is 7.30. The van der Waals surface area contributed by atoms with Crippen LogP contribution in [0.4, 0.5) is 0 Å². The fourth-order valence-corrected chi connectivity index (χ4v) is 5.20. The summed E-state index contributed by atoms with van der Waals surface area (Å²) < 4.78 is 0. The van der Waals surface area contributed by atoms with Crippen LogP contribution in [-0.2, 0) is 6.42 Å². The molecule has 0 atom stereocenters. The molecule has 30 heavy (non-hydrogen) atoms. The minimum Gasteiger partial charge on any atom is -0.0654 e. The van der Waals surface area contributed by atoms with Gasteiger partial charge in [0.1, 0.15) is 0 Å². The molecular weight excluding hydrogens is 360 g/mol. The molecule has 0 aliphatic heterocycles. The van der Waals surface area contributed by atoms with Crippen LogP contribution in [0, 0.1) is 5.92 Å². The lowest BCUT2D eigenvalue weighted by Gasteiger charge is -2.29. The molecule has 3 rings (SSSR count). The summed E-state index contributed by atoms with van der Waals surface area (Å²) in [6.45, 7) is 4.60. The number of rotatable bonds is 12. The molecule has 2 aromatic carbocycles. The molecule has 0 saturated heterocycles. The Kier molecular flexibility index (Phi) is 10.0. The fourth-order valence-electron chi connectivity index (χ4n) is 5.20. The quantitative estimate of drug-likeness (QED) is 0.309. The van der Waals surface area contributed by atoms with E-state index in [-0.39, 0.29) is 0 Å². The van der Waals surface area contributed by atoms with Gasteiger partial charge in [-0.05, 0) is 72.6 Å². The first-order chi connectivity index (χ1) is 14.8. The van der Waals surface area contributed by atoms with Gasteiger partial charge >= 0.3 is 0 Å². The third kappa shape index (κ3) is 7.29. The zero-order chi connectivity index (χ0) is 21.0. The standard InChI is InChI=1S/C30H44/c1-3-5-7-8-9-10-12-26-15-19-28(20-16-26)30-23-21-29(22-24-30)27-17-13-25(14-18-27)11-6-4-2/h15-16,19-25,27H,3-14,17-18H2,1-2H3. The highest BCUT2D eigenvalue weighted by Gasteiger charge is 2.21. The second-order valence-electron chi connectivity index (χ2n) is 9.70. The van der Waals surface area contributed by atoms with E-state index in [0.717, 1.165) is 11.8 Å². The van der Waals surface area contributed by atoms with E-state index < -0.39 is 0 Å².